The number of hydrogen-bond donors (Lipinski definition) is 1. The Morgan fingerprint density at radius 3 is 2.36 bits per heavy atom. The third-order valence-electron chi connectivity index (χ3n) is 1.60. The maximum atomic E-state index is 10.6. The second-order valence-electron chi connectivity index (χ2n) is 2.56. The van der Waals surface area contributed by atoms with Crippen molar-refractivity contribution in [3.8, 4) is 0 Å². The van der Waals surface area contributed by atoms with Crippen molar-refractivity contribution >= 4 is 27.4 Å². The average molecular weight is 260 g/mol. The molecule has 72 valence electrons. The molecule has 0 heterocycles. The topological polar surface area (TPSA) is 83.2 Å². The van der Waals surface area contributed by atoms with Gasteiger partial charge in [0.2, 0.25) is 0 Å². The zero-order chi connectivity index (χ0) is 10.2. The summed E-state index contributed by atoms with van der Waals surface area (Å²) in [6.07, 6.45) is 0. The van der Waals surface area contributed by atoms with Gasteiger partial charge in [-0.05, 0) is 18.6 Å². The summed E-state index contributed by atoms with van der Waals surface area (Å²) in [7, 11) is -4.53. The van der Waals surface area contributed by atoms with Gasteiger partial charge in [-0.1, -0.05) is 17.7 Å². The Morgan fingerprint density at radius 2 is 1.93 bits per heavy atom. The molecule has 0 unspecified atom stereocenters. The SMILES string of the molecule is Cc1ccc(S(=O)(=O)[O-])c(N)c1Cl.[K+]. The minimum absolute atomic E-state index is 0. The predicted molar refractivity (Wildman–Crippen MR) is 48.6 cm³/mol. The fourth-order valence-corrected chi connectivity index (χ4v) is 1.73. The first-order chi connectivity index (χ1) is 5.84. The van der Waals surface area contributed by atoms with E-state index >= 15 is 0 Å². The Morgan fingerprint density at radius 1 is 1.43 bits per heavy atom. The maximum Gasteiger partial charge on any atom is 1.00 e. The number of nitrogen functional groups attached to an aromatic ring is 1. The predicted octanol–water partition coefficient (Wildman–Crippen LogP) is -1.86. The van der Waals surface area contributed by atoms with Gasteiger partial charge in [0.15, 0.2) is 0 Å². The van der Waals surface area contributed by atoms with Gasteiger partial charge in [-0.3, -0.25) is 0 Å². The number of halogens is 1. The van der Waals surface area contributed by atoms with Crippen molar-refractivity contribution in [1.29, 1.82) is 0 Å². The quantitative estimate of drug-likeness (QED) is 0.364. The van der Waals surface area contributed by atoms with Crippen LogP contribution in [0.4, 0.5) is 5.69 Å². The van der Waals surface area contributed by atoms with Crippen LogP contribution in [0.2, 0.25) is 5.02 Å². The van der Waals surface area contributed by atoms with E-state index in [1.165, 1.54) is 6.07 Å². The third kappa shape index (κ3) is 3.18. The van der Waals surface area contributed by atoms with Crippen molar-refractivity contribution in [3.63, 3.8) is 0 Å². The van der Waals surface area contributed by atoms with Crippen molar-refractivity contribution in [2.75, 3.05) is 5.73 Å². The summed E-state index contributed by atoms with van der Waals surface area (Å²) in [5, 5.41) is 0.108. The number of rotatable bonds is 1. The van der Waals surface area contributed by atoms with Gasteiger partial charge >= 0.3 is 51.4 Å². The van der Waals surface area contributed by atoms with Crippen LogP contribution in [0.15, 0.2) is 17.0 Å². The van der Waals surface area contributed by atoms with Crippen LogP contribution in [0.5, 0.6) is 0 Å². The summed E-state index contributed by atoms with van der Waals surface area (Å²) < 4.78 is 31.9. The van der Waals surface area contributed by atoms with Crippen LogP contribution in [-0.2, 0) is 10.1 Å². The van der Waals surface area contributed by atoms with E-state index in [2.05, 4.69) is 0 Å². The molecule has 0 saturated heterocycles. The minimum Gasteiger partial charge on any atom is -0.744 e. The van der Waals surface area contributed by atoms with Crippen molar-refractivity contribution in [3.05, 3.63) is 22.7 Å². The molecule has 0 fully saturated rings. The molecule has 0 atom stereocenters. The van der Waals surface area contributed by atoms with E-state index in [9.17, 15) is 13.0 Å². The molecule has 1 aromatic rings. The van der Waals surface area contributed by atoms with Gasteiger partial charge in [-0.25, -0.2) is 8.42 Å². The third-order valence-corrected chi connectivity index (χ3v) is 3.00. The number of aryl methyl sites for hydroxylation is 1. The van der Waals surface area contributed by atoms with E-state index in [0.717, 1.165) is 6.07 Å². The fourth-order valence-electron chi connectivity index (χ4n) is 0.902. The van der Waals surface area contributed by atoms with E-state index in [1.807, 2.05) is 0 Å². The van der Waals surface area contributed by atoms with Crippen LogP contribution in [0.1, 0.15) is 5.56 Å². The number of hydrogen-bond acceptors (Lipinski definition) is 4. The zero-order valence-electron chi connectivity index (χ0n) is 7.74. The minimum atomic E-state index is -4.53. The Hall–Kier alpha value is 0.856. The van der Waals surface area contributed by atoms with Gasteiger partial charge in [0, 0.05) is 0 Å². The van der Waals surface area contributed by atoms with Gasteiger partial charge in [-0.15, -0.1) is 0 Å². The van der Waals surface area contributed by atoms with Crippen LogP contribution in [-0.4, -0.2) is 13.0 Å². The number of anilines is 1. The molecule has 0 aliphatic heterocycles. The summed E-state index contributed by atoms with van der Waals surface area (Å²) in [5.74, 6) is 0. The Kier molecular flexibility index (Phi) is 5.59. The largest absolute Gasteiger partial charge is 1.00 e. The second kappa shape index (κ2) is 5.27. The standard InChI is InChI=1S/C7H8ClNO3S.K/c1-4-2-3-5(13(10,11)12)7(9)6(4)8;/h2-3H,9H2,1H3,(H,10,11,12);/q;+1/p-1. The van der Waals surface area contributed by atoms with Crippen molar-refractivity contribution in [2.45, 2.75) is 11.8 Å². The second-order valence-corrected chi connectivity index (χ2v) is 4.29. The Labute approximate surface area is 130 Å². The molecule has 0 bridgehead atoms. The molecule has 0 amide bonds. The van der Waals surface area contributed by atoms with Crippen molar-refractivity contribution in [1.82, 2.24) is 0 Å². The molecule has 0 radical (unpaired) electrons. The fraction of sp³-hybridized carbons (Fsp3) is 0.143. The molecule has 0 aliphatic carbocycles. The van der Waals surface area contributed by atoms with Gasteiger partial charge in [0.25, 0.3) is 0 Å². The smallest absolute Gasteiger partial charge is 0.744 e. The summed E-state index contributed by atoms with van der Waals surface area (Å²) in [6.45, 7) is 1.67. The first-order valence-electron chi connectivity index (χ1n) is 3.34. The van der Waals surface area contributed by atoms with E-state index in [-0.39, 0.29) is 62.1 Å². The van der Waals surface area contributed by atoms with Crippen LogP contribution in [0.25, 0.3) is 0 Å². The Bertz CT molecular complexity index is 446. The summed E-state index contributed by atoms with van der Waals surface area (Å²) in [4.78, 5) is -0.469. The molecule has 1 rings (SSSR count). The summed E-state index contributed by atoms with van der Waals surface area (Å²) >= 11 is 5.66. The van der Waals surface area contributed by atoms with E-state index in [1.54, 1.807) is 6.92 Å². The normalized spacial score (nSPS) is 10.8. The van der Waals surface area contributed by atoms with E-state index in [4.69, 9.17) is 17.3 Å². The molecule has 14 heavy (non-hydrogen) atoms. The van der Waals surface area contributed by atoms with Crippen LogP contribution >= 0.6 is 11.6 Å². The van der Waals surface area contributed by atoms with E-state index in [0.29, 0.717) is 5.56 Å². The van der Waals surface area contributed by atoms with Gasteiger partial charge in [0.05, 0.1) is 15.6 Å². The molecule has 0 aliphatic rings. The van der Waals surface area contributed by atoms with Crippen LogP contribution < -0.4 is 57.1 Å². The zero-order valence-corrected chi connectivity index (χ0v) is 12.4. The van der Waals surface area contributed by atoms with Crippen molar-refractivity contribution in [2.24, 2.45) is 0 Å². The maximum absolute atomic E-state index is 10.6. The number of nitrogens with two attached hydrogens (primary N) is 1. The number of benzene rings is 1. The van der Waals surface area contributed by atoms with Crippen LogP contribution in [0, 0.1) is 6.92 Å². The van der Waals surface area contributed by atoms with Crippen LogP contribution in [0.3, 0.4) is 0 Å². The molecular weight excluding hydrogens is 253 g/mol. The first kappa shape index (κ1) is 14.9. The molecule has 4 nitrogen and oxygen atoms in total. The van der Waals surface area contributed by atoms with Gasteiger partial charge in [-0.2, -0.15) is 0 Å². The molecule has 1 aromatic carbocycles. The molecule has 0 spiro atoms. The van der Waals surface area contributed by atoms with Crippen molar-refractivity contribution < 1.29 is 64.4 Å². The summed E-state index contributed by atoms with van der Waals surface area (Å²) in [5.41, 5.74) is 5.81. The molecule has 0 aromatic heterocycles. The molecule has 7 heteroatoms. The van der Waals surface area contributed by atoms with Gasteiger partial charge < -0.3 is 10.3 Å². The Balaban J connectivity index is 0.00000169. The van der Waals surface area contributed by atoms with E-state index < -0.39 is 15.0 Å². The first-order valence-corrected chi connectivity index (χ1v) is 5.13. The van der Waals surface area contributed by atoms with Gasteiger partial charge in [0.1, 0.15) is 10.1 Å². The monoisotopic (exact) mass is 259 g/mol. The molecule has 2 N–H and O–H groups in total. The summed E-state index contributed by atoms with van der Waals surface area (Å²) in [6, 6.07) is 2.59. The average Bonchev–Trinajstić information content (AvgIpc) is 1.98. The molecular formula is C7H7ClKNO3S. The molecule has 0 saturated carbocycles.